The number of nitrogens with one attached hydrogen (secondary N) is 1. The highest BCUT2D eigenvalue weighted by Gasteiger charge is 2.06. The second-order valence-corrected chi connectivity index (χ2v) is 5.11. The molecule has 0 radical (unpaired) electrons. The van der Waals surface area contributed by atoms with E-state index in [4.69, 9.17) is 16.3 Å². The molecule has 2 aromatic carbocycles. The van der Waals surface area contributed by atoms with Gasteiger partial charge in [0, 0.05) is 22.3 Å². The lowest BCUT2D eigenvalue weighted by Crippen LogP contribution is -2.11. The summed E-state index contributed by atoms with van der Waals surface area (Å²) in [7, 11) is 0. The average Bonchev–Trinajstić information content (AvgIpc) is 2.54. The quantitative estimate of drug-likeness (QED) is 0.661. The van der Waals surface area contributed by atoms with E-state index in [1.165, 1.54) is 6.08 Å². The van der Waals surface area contributed by atoms with Crippen LogP contribution in [0, 0.1) is 0 Å². The van der Waals surface area contributed by atoms with Crippen LogP contribution < -0.4 is 5.32 Å². The largest absolute Gasteiger partial charge is 0.463 e. The van der Waals surface area contributed by atoms with Gasteiger partial charge in [-0.1, -0.05) is 29.8 Å². The minimum atomic E-state index is -0.383. The van der Waals surface area contributed by atoms with Crippen molar-refractivity contribution in [2.75, 3.05) is 11.9 Å². The summed E-state index contributed by atoms with van der Waals surface area (Å²) >= 11 is 5.87. The molecule has 0 unspecified atom stereocenters. The van der Waals surface area contributed by atoms with Crippen LogP contribution in [0.4, 0.5) is 5.69 Å². The summed E-state index contributed by atoms with van der Waals surface area (Å²) in [5.74, 6) is -0.617. The molecule has 0 fully saturated rings. The van der Waals surface area contributed by atoms with Crippen molar-refractivity contribution < 1.29 is 14.3 Å². The Hall–Kier alpha value is -2.59. The van der Waals surface area contributed by atoms with Crippen molar-refractivity contribution in [2.24, 2.45) is 0 Å². The van der Waals surface area contributed by atoms with Crippen LogP contribution in [0.5, 0.6) is 0 Å². The third-order valence-electron chi connectivity index (χ3n) is 2.95. The standard InChI is InChI=1S/C18H16ClNO3/c1-2-23-17(21)11-8-13-6-9-16(10-7-13)20-18(22)14-4-3-5-15(19)12-14/h3-12H,2H2,1H3,(H,20,22)/b11-8+. The second-order valence-electron chi connectivity index (χ2n) is 4.67. The molecule has 5 heteroatoms. The highest BCUT2D eigenvalue weighted by atomic mass is 35.5. The molecular formula is C18H16ClNO3. The number of esters is 1. The van der Waals surface area contributed by atoms with Crippen molar-refractivity contribution in [3.05, 3.63) is 70.8 Å². The summed E-state index contributed by atoms with van der Waals surface area (Å²) in [5, 5.41) is 3.30. The Morgan fingerprint density at radius 2 is 1.91 bits per heavy atom. The molecule has 0 atom stereocenters. The van der Waals surface area contributed by atoms with Gasteiger partial charge in [0.15, 0.2) is 0 Å². The van der Waals surface area contributed by atoms with Crippen molar-refractivity contribution in [1.29, 1.82) is 0 Å². The molecule has 0 aromatic heterocycles. The highest BCUT2D eigenvalue weighted by Crippen LogP contribution is 2.15. The van der Waals surface area contributed by atoms with Crippen LogP contribution in [-0.4, -0.2) is 18.5 Å². The number of carbonyl (C=O) groups excluding carboxylic acids is 2. The first-order valence-electron chi connectivity index (χ1n) is 7.10. The fourth-order valence-electron chi connectivity index (χ4n) is 1.87. The summed E-state index contributed by atoms with van der Waals surface area (Å²) < 4.78 is 4.81. The lowest BCUT2D eigenvalue weighted by Gasteiger charge is -2.06. The van der Waals surface area contributed by atoms with E-state index in [-0.39, 0.29) is 11.9 Å². The zero-order valence-electron chi connectivity index (χ0n) is 12.6. The van der Waals surface area contributed by atoms with Crippen molar-refractivity contribution in [3.63, 3.8) is 0 Å². The molecule has 1 N–H and O–H groups in total. The van der Waals surface area contributed by atoms with Crippen LogP contribution in [0.3, 0.4) is 0 Å². The van der Waals surface area contributed by atoms with E-state index >= 15 is 0 Å². The van der Waals surface area contributed by atoms with Crippen LogP contribution in [-0.2, 0) is 9.53 Å². The SMILES string of the molecule is CCOC(=O)/C=C/c1ccc(NC(=O)c2cccc(Cl)c2)cc1. The van der Waals surface area contributed by atoms with Gasteiger partial charge in [0.25, 0.3) is 5.91 Å². The molecule has 0 bridgehead atoms. The second kappa shape index (κ2) is 8.15. The van der Waals surface area contributed by atoms with Gasteiger partial charge in [-0.3, -0.25) is 4.79 Å². The highest BCUT2D eigenvalue weighted by molar-refractivity contribution is 6.31. The number of ether oxygens (including phenoxy) is 1. The van der Waals surface area contributed by atoms with Crippen LogP contribution in [0.15, 0.2) is 54.6 Å². The Morgan fingerprint density at radius 3 is 2.57 bits per heavy atom. The number of hydrogen-bond acceptors (Lipinski definition) is 3. The summed E-state index contributed by atoms with van der Waals surface area (Å²) in [6, 6.07) is 13.8. The fourth-order valence-corrected chi connectivity index (χ4v) is 2.06. The first kappa shape index (κ1) is 16.8. The number of carbonyl (C=O) groups is 2. The van der Waals surface area contributed by atoms with E-state index in [1.807, 2.05) is 0 Å². The van der Waals surface area contributed by atoms with Crippen LogP contribution in [0.1, 0.15) is 22.8 Å². The number of hydrogen-bond donors (Lipinski definition) is 1. The number of anilines is 1. The maximum atomic E-state index is 12.1. The van der Waals surface area contributed by atoms with Gasteiger partial charge in [-0.15, -0.1) is 0 Å². The van der Waals surface area contributed by atoms with E-state index < -0.39 is 0 Å². The summed E-state index contributed by atoms with van der Waals surface area (Å²) in [6.07, 6.45) is 3.02. The molecule has 0 aliphatic carbocycles. The fraction of sp³-hybridized carbons (Fsp3) is 0.111. The van der Waals surface area contributed by atoms with Gasteiger partial charge in [-0.25, -0.2) is 4.79 Å². The van der Waals surface area contributed by atoms with Gasteiger partial charge < -0.3 is 10.1 Å². The van der Waals surface area contributed by atoms with Gasteiger partial charge in [-0.05, 0) is 48.9 Å². The predicted octanol–water partition coefficient (Wildman–Crippen LogP) is 4.17. The Labute approximate surface area is 139 Å². The summed E-state index contributed by atoms with van der Waals surface area (Å²) in [6.45, 7) is 2.10. The van der Waals surface area contributed by atoms with E-state index in [0.717, 1.165) is 5.56 Å². The molecule has 1 amide bonds. The topological polar surface area (TPSA) is 55.4 Å². The van der Waals surface area contributed by atoms with Gasteiger partial charge in [0.05, 0.1) is 6.61 Å². The summed E-state index contributed by atoms with van der Waals surface area (Å²) in [4.78, 5) is 23.3. The zero-order valence-corrected chi connectivity index (χ0v) is 13.3. The molecule has 0 saturated heterocycles. The molecule has 118 valence electrons. The monoisotopic (exact) mass is 329 g/mol. The molecule has 2 aromatic rings. The van der Waals surface area contributed by atoms with Gasteiger partial charge >= 0.3 is 5.97 Å². The zero-order chi connectivity index (χ0) is 16.7. The Kier molecular flexibility index (Phi) is 5.94. The van der Waals surface area contributed by atoms with E-state index in [2.05, 4.69) is 5.32 Å². The third-order valence-corrected chi connectivity index (χ3v) is 3.19. The van der Waals surface area contributed by atoms with Crippen molar-refractivity contribution in [3.8, 4) is 0 Å². The Bertz CT molecular complexity index is 723. The van der Waals surface area contributed by atoms with Gasteiger partial charge in [0.1, 0.15) is 0 Å². The van der Waals surface area contributed by atoms with Gasteiger partial charge in [0.2, 0.25) is 0 Å². The lowest BCUT2D eigenvalue weighted by molar-refractivity contribution is -0.137. The van der Waals surface area contributed by atoms with E-state index in [1.54, 1.807) is 61.5 Å². The van der Waals surface area contributed by atoms with E-state index in [0.29, 0.717) is 22.9 Å². The first-order chi connectivity index (χ1) is 11.1. The minimum Gasteiger partial charge on any atom is -0.463 e. The average molecular weight is 330 g/mol. The minimum absolute atomic E-state index is 0.234. The molecule has 4 nitrogen and oxygen atoms in total. The Balaban J connectivity index is 2.00. The van der Waals surface area contributed by atoms with Crippen molar-refractivity contribution in [2.45, 2.75) is 6.92 Å². The third kappa shape index (κ3) is 5.27. The first-order valence-corrected chi connectivity index (χ1v) is 7.48. The van der Waals surface area contributed by atoms with Crippen LogP contribution in [0.25, 0.3) is 6.08 Å². The van der Waals surface area contributed by atoms with Gasteiger partial charge in [-0.2, -0.15) is 0 Å². The molecule has 0 heterocycles. The summed E-state index contributed by atoms with van der Waals surface area (Å²) in [5.41, 5.74) is 1.98. The number of rotatable bonds is 5. The molecule has 2 rings (SSSR count). The number of benzene rings is 2. The Morgan fingerprint density at radius 1 is 1.17 bits per heavy atom. The number of halogens is 1. The maximum Gasteiger partial charge on any atom is 0.330 e. The normalized spacial score (nSPS) is 10.5. The lowest BCUT2D eigenvalue weighted by atomic mass is 10.1. The molecule has 0 spiro atoms. The van der Waals surface area contributed by atoms with Crippen molar-refractivity contribution in [1.82, 2.24) is 0 Å². The number of amides is 1. The van der Waals surface area contributed by atoms with E-state index in [9.17, 15) is 9.59 Å². The van der Waals surface area contributed by atoms with Crippen molar-refractivity contribution >= 4 is 35.2 Å². The maximum absolute atomic E-state index is 12.1. The molecule has 23 heavy (non-hydrogen) atoms. The molecule has 0 aliphatic rings. The molecular weight excluding hydrogens is 314 g/mol. The van der Waals surface area contributed by atoms with Crippen LogP contribution in [0.2, 0.25) is 5.02 Å². The smallest absolute Gasteiger partial charge is 0.330 e. The predicted molar refractivity (Wildman–Crippen MR) is 91.5 cm³/mol. The molecule has 0 saturated carbocycles. The van der Waals surface area contributed by atoms with Crippen LogP contribution >= 0.6 is 11.6 Å². The molecule has 0 aliphatic heterocycles.